The molecule has 2 amide bonds. The topological polar surface area (TPSA) is 101 Å². The summed E-state index contributed by atoms with van der Waals surface area (Å²) >= 11 is 0. The normalized spacial score (nSPS) is 26.1. The Morgan fingerprint density at radius 2 is 2.07 bits per heavy atom. The first-order chi connectivity index (χ1) is 12.8. The molecule has 1 aromatic heterocycles. The number of nitrogens with one attached hydrogen (secondary N) is 2. The first-order valence-corrected chi connectivity index (χ1v) is 9.02. The van der Waals surface area contributed by atoms with Gasteiger partial charge < -0.3 is 15.2 Å². The van der Waals surface area contributed by atoms with Gasteiger partial charge in [-0.05, 0) is 18.1 Å². The molecule has 1 aliphatic carbocycles. The minimum Gasteiger partial charge on any atom is -0.359 e. The van der Waals surface area contributed by atoms with E-state index in [4.69, 9.17) is 4.52 Å². The first-order valence-electron chi connectivity index (χ1n) is 9.02. The number of amides is 2. The molecule has 2 N–H and O–H groups in total. The number of hydrogen-bond acceptors (Lipinski definition) is 5. The molecule has 1 fully saturated rings. The number of rotatable bonds is 4. The average Bonchev–Trinajstić information content (AvgIpc) is 3.05. The van der Waals surface area contributed by atoms with Crippen LogP contribution in [0.15, 0.2) is 34.9 Å². The van der Waals surface area contributed by atoms with Crippen LogP contribution in [0.5, 0.6) is 0 Å². The maximum absolute atomic E-state index is 13.0. The second-order valence-corrected chi connectivity index (χ2v) is 7.69. The minimum absolute atomic E-state index is 0.171. The van der Waals surface area contributed by atoms with Crippen LogP contribution in [0.4, 0.5) is 5.69 Å². The Hall–Kier alpha value is -2.96. The summed E-state index contributed by atoms with van der Waals surface area (Å²) in [6, 6.07) is 8.69. The lowest BCUT2D eigenvalue weighted by Crippen LogP contribution is -2.29. The molecule has 2 aromatic rings. The smallest absolute Gasteiger partial charge is 0.229 e. The van der Waals surface area contributed by atoms with Gasteiger partial charge in [0, 0.05) is 11.6 Å². The zero-order valence-electron chi connectivity index (χ0n) is 15.4. The molecule has 0 saturated heterocycles. The number of Topliss-reactive ketones (excluding diaryl/α,β-unsaturated/α-hetero) is 1. The largest absolute Gasteiger partial charge is 0.359 e. The molecule has 0 radical (unpaired) electrons. The molecule has 1 aromatic carbocycles. The van der Waals surface area contributed by atoms with Crippen LogP contribution in [0, 0.1) is 17.3 Å². The molecule has 7 nitrogen and oxygen atoms in total. The van der Waals surface area contributed by atoms with Crippen LogP contribution in [-0.2, 0) is 16.1 Å². The first kappa shape index (κ1) is 17.5. The third-order valence-electron chi connectivity index (χ3n) is 5.61. The van der Waals surface area contributed by atoms with Crippen LogP contribution in [0.3, 0.4) is 0 Å². The molecule has 2 heterocycles. The van der Waals surface area contributed by atoms with E-state index in [0.717, 1.165) is 5.69 Å². The summed E-state index contributed by atoms with van der Waals surface area (Å²) in [5.74, 6) is -1.38. The molecule has 27 heavy (non-hydrogen) atoms. The van der Waals surface area contributed by atoms with E-state index >= 15 is 0 Å². The van der Waals surface area contributed by atoms with E-state index in [1.54, 1.807) is 37.3 Å². The molecule has 0 bridgehead atoms. The van der Waals surface area contributed by atoms with Gasteiger partial charge >= 0.3 is 0 Å². The maximum Gasteiger partial charge on any atom is 0.229 e. The van der Waals surface area contributed by atoms with Crippen LogP contribution in [0.25, 0.3) is 0 Å². The van der Waals surface area contributed by atoms with Crippen LogP contribution in [0.2, 0.25) is 0 Å². The highest BCUT2D eigenvalue weighted by Crippen LogP contribution is 2.62. The van der Waals surface area contributed by atoms with Gasteiger partial charge in [0.2, 0.25) is 11.8 Å². The Kier molecular flexibility index (Phi) is 3.91. The summed E-state index contributed by atoms with van der Waals surface area (Å²) < 4.78 is 5.22. The third kappa shape index (κ3) is 2.65. The zero-order chi connectivity index (χ0) is 19.3. The van der Waals surface area contributed by atoms with Gasteiger partial charge in [0.25, 0.3) is 0 Å². The Labute approximate surface area is 156 Å². The van der Waals surface area contributed by atoms with E-state index in [1.165, 1.54) is 0 Å². The quantitative estimate of drug-likeness (QED) is 0.865. The van der Waals surface area contributed by atoms with Crippen molar-refractivity contribution in [2.24, 2.45) is 17.3 Å². The zero-order valence-corrected chi connectivity index (χ0v) is 15.4. The SMILES string of the molecule is CC(C)c1cc(CNC(=O)[C@@H]2C3C(=O)Nc4ccccc4C(=O)[C@@]32C)on1. The third-order valence-corrected chi connectivity index (χ3v) is 5.61. The molecule has 0 spiro atoms. The molecular formula is C20H21N3O4. The molecule has 7 heteroatoms. The molecule has 2 aliphatic rings. The summed E-state index contributed by atoms with van der Waals surface area (Å²) in [6.45, 7) is 5.86. The number of hydrogen-bond donors (Lipinski definition) is 2. The van der Waals surface area contributed by atoms with Crippen molar-refractivity contribution in [1.29, 1.82) is 0 Å². The van der Waals surface area contributed by atoms with Crippen LogP contribution < -0.4 is 10.6 Å². The lowest BCUT2D eigenvalue weighted by molar-refractivity contribution is -0.125. The van der Waals surface area contributed by atoms with Gasteiger partial charge in [0.15, 0.2) is 11.5 Å². The van der Waals surface area contributed by atoms with Crippen LogP contribution >= 0.6 is 0 Å². The molecule has 140 valence electrons. The second-order valence-electron chi connectivity index (χ2n) is 7.69. The van der Waals surface area contributed by atoms with Gasteiger partial charge in [-0.15, -0.1) is 0 Å². The average molecular weight is 367 g/mol. The van der Waals surface area contributed by atoms with Crippen molar-refractivity contribution in [3.63, 3.8) is 0 Å². The van der Waals surface area contributed by atoms with E-state index in [1.807, 2.05) is 13.8 Å². The highest BCUT2D eigenvalue weighted by molar-refractivity contribution is 6.19. The summed E-state index contributed by atoms with van der Waals surface area (Å²) in [5, 5.41) is 9.51. The lowest BCUT2D eigenvalue weighted by Gasteiger charge is -2.12. The van der Waals surface area contributed by atoms with Crippen molar-refractivity contribution in [3.8, 4) is 0 Å². The van der Waals surface area contributed by atoms with Gasteiger partial charge in [0.1, 0.15) is 0 Å². The van der Waals surface area contributed by atoms with E-state index in [2.05, 4.69) is 15.8 Å². The number of ketones is 1. The Bertz CT molecular complexity index is 948. The van der Waals surface area contributed by atoms with Crippen molar-refractivity contribution in [2.75, 3.05) is 5.32 Å². The molecule has 1 aliphatic heterocycles. The number of benzene rings is 1. The van der Waals surface area contributed by atoms with Gasteiger partial charge in [-0.1, -0.05) is 38.1 Å². The predicted molar refractivity (Wildman–Crippen MR) is 96.9 cm³/mol. The minimum atomic E-state index is -1.02. The van der Waals surface area contributed by atoms with Gasteiger partial charge in [-0.2, -0.15) is 0 Å². The standard InChI is InChI=1S/C20H21N3O4/c1-10(2)14-8-11(27-23-14)9-21-18(25)15-16-19(26)22-13-7-5-4-6-12(13)17(24)20(15,16)3/h4-8,10,15-16H,9H2,1-3H3,(H,21,25)(H,22,26)/t15-,16?,20+/m0/s1. The number of anilines is 1. The Morgan fingerprint density at radius 3 is 2.78 bits per heavy atom. The number of aromatic nitrogens is 1. The Balaban J connectivity index is 1.51. The monoisotopic (exact) mass is 367 g/mol. The number of carbonyl (C=O) groups is 3. The van der Waals surface area contributed by atoms with Crippen LogP contribution in [-0.4, -0.2) is 22.8 Å². The van der Waals surface area contributed by atoms with Crippen molar-refractivity contribution < 1.29 is 18.9 Å². The van der Waals surface area contributed by atoms with E-state index < -0.39 is 17.3 Å². The fraction of sp³-hybridized carbons (Fsp3) is 0.400. The van der Waals surface area contributed by atoms with Gasteiger partial charge in [-0.25, -0.2) is 0 Å². The summed E-state index contributed by atoms with van der Waals surface area (Å²) in [6.07, 6.45) is 0. The highest BCUT2D eigenvalue weighted by atomic mass is 16.5. The Morgan fingerprint density at radius 1 is 1.33 bits per heavy atom. The van der Waals surface area contributed by atoms with Gasteiger partial charge in [0.05, 0.1) is 35.2 Å². The molecular weight excluding hydrogens is 346 g/mol. The number of carbonyl (C=O) groups excluding carboxylic acids is 3. The maximum atomic E-state index is 13.0. The molecule has 4 rings (SSSR count). The molecule has 1 saturated carbocycles. The molecule has 3 atom stereocenters. The van der Waals surface area contributed by atoms with Crippen molar-refractivity contribution in [3.05, 3.63) is 47.3 Å². The second kappa shape index (κ2) is 6.04. The van der Waals surface area contributed by atoms with E-state index in [-0.39, 0.29) is 30.1 Å². The van der Waals surface area contributed by atoms with E-state index in [0.29, 0.717) is 17.0 Å². The van der Waals surface area contributed by atoms with Crippen molar-refractivity contribution >= 4 is 23.3 Å². The molecule has 1 unspecified atom stereocenters. The number of fused-ring (bicyclic) bond motifs is 2. The fourth-order valence-electron chi connectivity index (χ4n) is 3.90. The fourth-order valence-corrected chi connectivity index (χ4v) is 3.90. The van der Waals surface area contributed by atoms with Crippen molar-refractivity contribution in [2.45, 2.75) is 33.2 Å². The summed E-state index contributed by atoms with van der Waals surface area (Å²) in [4.78, 5) is 38.3. The number of para-hydroxylation sites is 1. The number of nitrogens with zero attached hydrogens (tertiary/aromatic N) is 1. The summed E-state index contributed by atoms with van der Waals surface area (Å²) in [7, 11) is 0. The highest BCUT2D eigenvalue weighted by Gasteiger charge is 2.73. The van der Waals surface area contributed by atoms with Gasteiger partial charge in [-0.3, -0.25) is 14.4 Å². The van der Waals surface area contributed by atoms with Crippen LogP contribution in [0.1, 0.15) is 48.5 Å². The van der Waals surface area contributed by atoms with E-state index in [9.17, 15) is 14.4 Å². The lowest BCUT2D eigenvalue weighted by atomic mass is 9.92. The summed E-state index contributed by atoms with van der Waals surface area (Å²) in [5.41, 5.74) is 0.741. The van der Waals surface area contributed by atoms with Crippen molar-refractivity contribution in [1.82, 2.24) is 10.5 Å². The predicted octanol–water partition coefficient (Wildman–Crippen LogP) is 2.50.